The maximum atomic E-state index is 14.5. The van der Waals surface area contributed by atoms with Gasteiger partial charge in [0, 0.05) is 11.1 Å². The van der Waals surface area contributed by atoms with Gasteiger partial charge in [0.05, 0.1) is 5.56 Å². The van der Waals surface area contributed by atoms with Crippen molar-refractivity contribution in [3.8, 4) is 11.8 Å². The van der Waals surface area contributed by atoms with Crippen molar-refractivity contribution in [2.75, 3.05) is 0 Å². The minimum atomic E-state index is -0.585. The van der Waals surface area contributed by atoms with Crippen molar-refractivity contribution < 1.29 is 17.6 Å². The fraction of sp³-hybridized carbons (Fsp3) is 0.111. The standard InChI is InChI=1S/C27H18F4/c1-17-12-26(30)24(27(31)13-17)11-5-19-3-7-20(25(29)15-19)6-2-18-4-8-22-16-23(28)10-9-21(22)14-18/h3-4,7-10,12-16H,5,11H2,1H3. The third kappa shape index (κ3) is 4.78. The zero-order valence-corrected chi connectivity index (χ0v) is 16.8. The van der Waals surface area contributed by atoms with Gasteiger partial charge in [0.1, 0.15) is 23.3 Å². The molecule has 0 bridgehead atoms. The first-order chi connectivity index (χ1) is 14.9. The Hall–Kier alpha value is -3.58. The summed E-state index contributed by atoms with van der Waals surface area (Å²) in [7, 11) is 0. The summed E-state index contributed by atoms with van der Waals surface area (Å²) in [5, 5.41) is 1.61. The number of benzene rings is 4. The van der Waals surface area contributed by atoms with Crippen LogP contribution in [0.4, 0.5) is 17.6 Å². The number of aryl methyl sites for hydroxylation is 2. The van der Waals surface area contributed by atoms with Crippen molar-refractivity contribution >= 4 is 10.8 Å². The van der Waals surface area contributed by atoms with Crippen LogP contribution in [0.25, 0.3) is 10.8 Å². The van der Waals surface area contributed by atoms with E-state index in [1.807, 2.05) is 6.07 Å². The first kappa shape index (κ1) is 20.7. The fourth-order valence-corrected chi connectivity index (χ4v) is 3.49. The molecule has 0 fully saturated rings. The molecule has 0 unspecified atom stereocenters. The van der Waals surface area contributed by atoms with E-state index >= 15 is 0 Å². The minimum absolute atomic E-state index is 0.00561. The van der Waals surface area contributed by atoms with E-state index in [0.29, 0.717) is 23.1 Å². The molecule has 4 aromatic rings. The third-order valence-electron chi connectivity index (χ3n) is 5.13. The smallest absolute Gasteiger partial charge is 0.139 e. The number of hydrogen-bond donors (Lipinski definition) is 0. The molecule has 0 heterocycles. The van der Waals surface area contributed by atoms with Crippen LogP contribution >= 0.6 is 0 Å². The lowest BCUT2D eigenvalue weighted by molar-refractivity contribution is 0.552. The second-order valence-electron chi connectivity index (χ2n) is 7.48. The van der Waals surface area contributed by atoms with Crippen LogP contribution in [0.3, 0.4) is 0 Å². The third-order valence-corrected chi connectivity index (χ3v) is 5.13. The highest BCUT2D eigenvalue weighted by Crippen LogP contribution is 2.19. The van der Waals surface area contributed by atoms with E-state index in [4.69, 9.17) is 0 Å². The highest BCUT2D eigenvalue weighted by molar-refractivity contribution is 5.84. The number of halogens is 4. The Labute approximate surface area is 178 Å². The molecule has 31 heavy (non-hydrogen) atoms. The van der Waals surface area contributed by atoms with Crippen LogP contribution in [0.15, 0.2) is 66.7 Å². The van der Waals surface area contributed by atoms with Crippen LogP contribution in [0.5, 0.6) is 0 Å². The Morgan fingerprint density at radius 3 is 2.10 bits per heavy atom. The zero-order chi connectivity index (χ0) is 22.0. The Morgan fingerprint density at radius 2 is 1.35 bits per heavy atom. The summed E-state index contributed by atoms with van der Waals surface area (Å²) in [6.45, 7) is 1.63. The summed E-state index contributed by atoms with van der Waals surface area (Å²) >= 11 is 0. The topological polar surface area (TPSA) is 0 Å². The zero-order valence-electron chi connectivity index (χ0n) is 16.8. The van der Waals surface area contributed by atoms with Crippen molar-refractivity contribution in [3.05, 3.63) is 118 Å². The monoisotopic (exact) mass is 418 g/mol. The van der Waals surface area contributed by atoms with Gasteiger partial charge in [0.2, 0.25) is 0 Å². The molecular weight excluding hydrogens is 400 g/mol. The van der Waals surface area contributed by atoms with E-state index in [-0.39, 0.29) is 23.4 Å². The second-order valence-corrected chi connectivity index (χ2v) is 7.48. The highest BCUT2D eigenvalue weighted by atomic mass is 19.1. The van der Waals surface area contributed by atoms with Gasteiger partial charge in [-0.1, -0.05) is 30.0 Å². The summed E-state index contributed by atoms with van der Waals surface area (Å²) < 4.78 is 55.7. The summed E-state index contributed by atoms with van der Waals surface area (Å²) in [6.07, 6.45) is 0.447. The fourth-order valence-electron chi connectivity index (χ4n) is 3.49. The van der Waals surface area contributed by atoms with Gasteiger partial charge in [-0.05, 0) is 90.2 Å². The van der Waals surface area contributed by atoms with Gasteiger partial charge < -0.3 is 0 Å². The van der Waals surface area contributed by atoms with E-state index in [9.17, 15) is 17.6 Å². The van der Waals surface area contributed by atoms with E-state index in [1.54, 1.807) is 37.3 Å². The summed E-state index contributed by atoms with van der Waals surface area (Å²) in [5.41, 5.74) is 2.08. The maximum Gasteiger partial charge on any atom is 0.139 e. The molecular formula is C27H18F4. The molecule has 0 nitrogen and oxygen atoms in total. The Morgan fingerprint density at radius 1 is 0.645 bits per heavy atom. The lowest BCUT2D eigenvalue weighted by Crippen LogP contribution is -2.00. The van der Waals surface area contributed by atoms with Gasteiger partial charge in [-0.25, -0.2) is 17.6 Å². The summed E-state index contributed by atoms with van der Waals surface area (Å²) in [5.74, 6) is 3.77. The molecule has 0 atom stereocenters. The van der Waals surface area contributed by atoms with Crippen molar-refractivity contribution in [1.82, 2.24) is 0 Å². The van der Waals surface area contributed by atoms with Gasteiger partial charge in [0.15, 0.2) is 0 Å². The largest absolute Gasteiger partial charge is 0.207 e. The molecule has 0 aliphatic heterocycles. The first-order valence-corrected chi connectivity index (χ1v) is 9.83. The van der Waals surface area contributed by atoms with Crippen LogP contribution in [0.1, 0.15) is 27.8 Å². The van der Waals surface area contributed by atoms with E-state index < -0.39 is 17.5 Å². The molecule has 0 aliphatic rings. The van der Waals surface area contributed by atoms with Crippen molar-refractivity contribution in [2.45, 2.75) is 19.8 Å². The average Bonchev–Trinajstić information content (AvgIpc) is 2.72. The molecule has 4 heteroatoms. The lowest BCUT2D eigenvalue weighted by Gasteiger charge is -2.07. The number of rotatable bonds is 3. The van der Waals surface area contributed by atoms with Gasteiger partial charge >= 0.3 is 0 Å². The molecule has 0 spiro atoms. The molecule has 0 saturated carbocycles. The van der Waals surface area contributed by atoms with E-state index in [1.165, 1.54) is 30.3 Å². The molecule has 0 amide bonds. The Kier molecular flexibility index (Phi) is 5.77. The van der Waals surface area contributed by atoms with E-state index in [2.05, 4.69) is 11.8 Å². The van der Waals surface area contributed by atoms with Crippen molar-refractivity contribution in [2.24, 2.45) is 0 Å². The Bertz CT molecular complexity index is 1320. The normalized spacial score (nSPS) is 10.7. The van der Waals surface area contributed by atoms with Gasteiger partial charge in [-0.2, -0.15) is 0 Å². The predicted octanol–water partition coefficient (Wildman–Crippen LogP) is 6.89. The molecule has 154 valence electrons. The molecule has 0 saturated heterocycles. The van der Waals surface area contributed by atoms with Crippen molar-refractivity contribution in [3.63, 3.8) is 0 Å². The molecule has 0 N–H and O–H groups in total. The lowest BCUT2D eigenvalue weighted by atomic mass is 10.0. The van der Waals surface area contributed by atoms with Gasteiger partial charge in [-0.3, -0.25) is 0 Å². The van der Waals surface area contributed by atoms with Crippen molar-refractivity contribution in [1.29, 1.82) is 0 Å². The summed E-state index contributed by atoms with van der Waals surface area (Å²) in [6, 6.07) is 17.0. The first-order valence-electron chi connectivity index (χ1n) is 9.83. The number of hydrogen-bond acceptors (Lipinski definition) is 0. The molecule has 0 radical (unpaired) electrons. The van der Waals surface area contributed by atoms with Crippen LogP contribution in [0, 0.1) is 42.0 Å². The molecule has 4 aromatic carbocycles. The van der Waals surface area contributed by atoms with Crippen LogP contribution in [-0.4, -0.2) is 0 Å². The number of fused-ring (bicyclic) bond motifs is 1. The molecule has 0 aromatic heterocycles. The van der Waals surface area contributed by atoms with Crippen LogP contribution < -0.4 is 0 Å². The van der Waals surface area contributed by atoms with Crippen LogP contribution in [-0.2, 0) is 12.8 Å². The van der Waals surface area contributed by atoms with Crippen LogP contribution in [0.2, 0.25) is 0 Å². The summed E-state index contributed by atoms with van der Waals surface area (Å²) in [4.78, 5) is 0. The predicted molar refractivity (Wildman–Crippen MR) is 115 cm³/mol. The second kappa shape index (κ2) is 8.65. The van der Waals surface area contributed by atoms with Gasteiger partial charge in [0.25, 0.3) is 0 Å². The Balaban J connectivity index is 1.50. The quantitative estimate of drug-likeness (QED) is 0.251. The average molecular weight is 418 g/mol. The SMILES string of the molecule is Cc1cc(F)c(CCc2ccc(C#Cc3ccc4cc(F)ccc4c3)c(F)c2)c(F)c1. The van der Waals surface area contributed by atoms with Gasteiger partial charge in [-0.15, -0.1) is 0 Å². The highest BCUT2D eigenvalue weighted by Gasteiger charge is 2.11. The molecule has 4 rings (SSSR count). The minimum Gasteiger partial charge on any atom is -0.207 e. The van der Waals surface area contributed by atoms with E-state index in [0.717, 1.165) is 10.8 Å². The maximum absolute atomic E-state index is 14.5. The molecule has 0 aliphatic carbocycles.